The highest BCUT2D eigenvalue weighted by Gasteiger charge is 2.32. The van der Waals surface area contributed by atoms with Gasteiger partial charge in [-0.2, -0.15) is 0 Å². The van der Waals surface area contributed by atoms with Crippen molar-refractivity contribution in [3.05, 3.63) is 30.1 Å². The van der Waals surface area contributed by atoms with Gasteiger partial charge in [-0.05, 0) is 18.6 Å². The number of nitrogens with zero attached hydrogens (tertiary/aromatic N) is 1. The van der Waals surface area contributed by atoms with Crippen molar-refractivity contribution in [3.63, 3.8) is 0 Å². The summed E-state index contributed by atoms with van der Waals surface area (Å²) in [6.07, 6.45) is 0.891. The Labute approximate surface area is 105 Å². The second-order valence-electron chi connectivity index (χ2n) is 3.77. The van der Waals surface area contributed by atoms with Gasteiger partial charge in [0.25, 0.3) is 0 Å². The average molecular weight is 275 g/mol. The van der Waals surface area contributed by atoms with Gasteiger partial charge in [0, 0.05) is 0 Å². The van der Waals surface area contributed by atoms with E-state index >= 15 is 0 Å². The third-order valence-electron chi connectivity index (χ3n) is 2.40. The Morgan fingerprint density at radius 1 is 1.44 bits per heavy atom. The van der Waals surface area contributed by atoms with Gasteiger partial charge in [0.15, 0.2) is 0 Å². The Kier molecular flexibility index (Phi) is 4.28. The normalized spacial score (nSPS) is 13.1. The van der Waals surface area contributed by atoms with Gasteiger partial charge in [-0.25, -0.2) is 17.6 Å². The van der Waals surface area contributed by atoms with Gasteiger partial charge in [0.2, 0.25) is 10.0 Å². The lowest BCUT2D eigenvalue weighted by Gasteiger charge is -2.28. The predicted octanol–water partition coefficient (Wildman–Crippen LogP) is 1.45. The van der Waals surface area contributed by atoms with Crippen molar-refractivity contribution >= 4 is 21.7 Å². The zero-order valence-electron chi connectivity index (χ0n) is 10.00. The van der Waals surface area contributed by atoms with E-state index < -0.39 is 27.9 Å². The highest BCUT2D eigenvalue weighted by Crippen LogP contribution is 2.25. The van der Waals surface area contributed by atoms with Crippen LogP contribution in [0.1, 0.15) is 13.3 Å². The van der Waals surface area contributed by atoms with E-state index in [1.807, 2.05) is 0 Å². The molecule has 0 saturated carbocycles. The SMILES string of the molecule is CC[C@@H](C(=O)O)N(c1ccccc1F)S(C)(=O)=O. The van der Waals surface area contributed by atoms with E-state index in [1.54, 1.807) is 0 Å². The summed E-state index contributed by atoms with van der Waals surface area (Å²) in [6, 6.07) is 3.85. The number of hydrogen-bond donors (Lipinski definition) is 1. The fraction of sp³-hybridized carbons (Fsp3) is 0.364. The first-order valence-corrected chi connectivity index (χ1v) is 7.10. The second kappa shape index (κ2) is 5.34. The maximum atomic E-state index is 13.6. The molecule has 0 aliphatic heterocycles. The van der Waals surface area contributed by atoms with Crippen molar-refractivity contribution in [2.24, 2.45) is 0 Å². The maximum Gasteiger partial charge on any atom is 0.327 e. The number of anilines is 1. The van der Waals surface area contributed by atoms with Gasteiger partial charge in [-0.1, -0.05) is 19.1 Å². The van der Waals surface area contributed by atoms with E-state index in [4.69, 9.17) is 5.11 Å². The molecule has 0 aromatic heterocycles. The number of carboxylic acids is 1. The zero-order valence-corrected chi connectivity index (χ0v) is 10.8. The molecule has 0 aliphatic carbocycles. The molecule has 0 spiro atoms. The van der Waals surface area contributed by atoms with Gasteiger partial charge in [-0.3, -0.25) is 4.31 Å². The molecule has 1 atom stereocenters. The van der Waals surface area contributed by atoms with Crippen LogP contribution in [0.5, 0.6) is 0 Å². The van der Waals surface area contributed by atoms with Crippen LogP contribution in [-0.4, -0.2) is 31.8 Å². The van der Waals surface area contributed by atoms with E-state index in [-0.39, 0.29) is 12.1 Å². The number of hydrogen-bond acceptors (Lipinski definition) is 3. The monoisotopic (exact) mass is 275 g/mol. The summed E-state index contributed by atoms with van der Waals surface area (Å²) in [7, 11) is -3.88. The van der Waals surface area contributed by atoms with E-state index in [9.17, 15) is 17.6 Å². The molecule has 100 valence electrons. The Morgan fingerprint density at radius 3 is 2.39 bits per heavy atom. The van der Waals surface area contributed by atoms with Crippen LogP contribution in [0.3, 0.4) is 0 Å². The van der Waals surface area contributed by atoms with Gasteiger partial charge >= 0.3 is 5.97 Å². The topological polar surface area (TPSA) is 74.7 Å². The average Bonchev–Trinajstić information content (AvgIpc) is 2.25. The largest absolute Gasteiger partial charge is 0.480 e. The first kappa shape index (κ1) is 14.4. The summed E-state index contributed by atoms with van der Waals surface area (Å²) in [5.41, 5.74) is -0.255. The fourth-order valence-corrected chi connectivity index (χ4v) is 2.86. The summed E-state index contributed by atoms with van der Waals surface area (Å²) in [4.78, 5) is 11.1. The highest BCUT2D eigenvalue weighted by atomic mass is 32.2. The van der Waals surface area contributed by atoms with E-state index in [2.05, 4.69) is 0 Å². The molecule has 0 fully saturated rings. The lowest BCUT2D eigenvalue weighted by atomic mass is 10.2. The smallest absolute Gasteiger partial charge is 0.327 e. The third-order valence-corrected chi connectivity index (χ3v) is 3.57. The van der Waals surface area contributed by atoms with Gasteiger partial charge in [0.1, 0.15) is 11.9 Å². The number of para-hydroxylation sites is 1. The third kappa shape index (κ3) is 2.98. The molecule has 1 aromatic carbocycles. The number of aliphatic carboxylic acids is 1. The van der Waals surface area contributed by atoms with Crippen molar-refractivity contribution in [3.8, 4) is 0 Å². The molecule has 5 nitrogen and oxygen atoms in total. The quantitative estimate of drug-likeness (QED) is 0.882. The van der Waals surface area contributed by atoms with Gasteiger partial charge in [-0.15, -0.1) is 0 Å². The van der Waals surface area contributed by atoms with Crippen LogP contribution in [0.2, 0.25) is 0 Å². The Bertz CT molecular complexity index is 544. The molecule has 0 amide bonds. The molecule has 0 unspecified atom stereocenters. The van der Waals surface area contributed by atoms with Crippen molar-refractivity contribution in [2.75, 3.05) is 10.6 Å². The zero-order chi connectivity index (χ0) is 13.9. The molecule has 0 saturated heterocycles. The van der Waals surface area contributed by atoms with Gasteiger partial charge in [0.05, 0.1) is 11.9 Å². The van der Waals surface area contributed by atoms with Crippen molar-refractivity contribution < 1.29 is 22.7 Å². The minimum Gasteiger partial charge on any atom is -0.480 e. The number of benzene rings is 1. The molecule has 0 aliphatic rings. The lowest BCUT2D eigenvalue weighted by molar-refractivity contribution is -0.138. The van der Waals surface area contributed by atoms with Crippen molar-refractivity contribution in [1.82, 2.24) is 0 Å². The summed E-state index contributed by atoms with van der Waals surface area (Å²) in [5, 5.41) is 9.03. The number of carbonyl (C=O) groups is 1. The fourth-order valence-electron chi connectivity index (χ4n) is 1.65. The summed E-state index contributed by atoms with van der Waals surface area (Å²) in [6.45, 7) is 1.53. The summed E-state index contributed by atoms with van der Waals surface area (Å²) in [5.74, 6) is -2.09. The first-order valence-electron chi connectivity index (χ1n) is 5.25. The molecule has 0 heterocycles. The van der Waals surface area contributed by atoms with Crippen LogP contribution in [0.4, 0.5) is 10.1 Å². The van der Waals surface area contributed by atoms with Crippen LogP contribution in [0.15, 0.2) is 24.3 Å². The van der Waals surface area contributed by atoms with Crippen LogP contribution >= 0.6 is 0 Å². The van der Waals surface area contributed by atoms with E-state index in [1.165, 1.54) is 25.1 Å². The second-order valence-corrected chi connectivity index (χ2v) is 5.63. The minimum atomic E-state index is -3.88. The van der Waals surface area contributed by atoms with E-state index in [0.717, 1.165) is 12.3 Å². The Balaban J connectivity index is 3.41. The Morgan fingerprint density at radius 2 is 2.00 bits per heavy atom. The van der Waals surface area contributed by atoms with Crippen LogP contribution in [0, 0.1) is 5.82 Å². The molecule has 0 bridgehead atoms. The molecule has 1 N–H and O–H groups in total. The standard InChI is InChI=1S/C11H14FNO4S/c1-3-9(11(14)15)13(18(2,16)17)10-7-5-4-6-8(10)12/h4-7,9H,3H2,1-2H3,(H,14,15)/t9-/m0/s1. The molecule has 1 aromatic rings. The molecule has 0 radical (unpaired) electrons. The van der Waals surface area contributed by atoms with E-state index in [0.29, 0.717) is 4.31 Å². The van der Waals surface area contributed by atoms with Crippen LogP contribution in [0.25, 0.3) is 0 Å². The van der Waals surface area contributed by atoms with Crippen molar-refractivity contribution in [1.29, 1.82) is 0 Å². The highest BCUT2D eigenvalue weighted by molar-refractivity contribution is 7.92. The number of sulfonamides is 1. The van der Waals surface area contributed by atoms with Crippen molar-refractivity contribution in [2.45, 2.75) is 19.4 Å². The summed E-state index contributed by atoms with van der Waals surface area (Å²) >= 11 is 0. The molecule has 7 heteroatoms. The predicted molar refractivity (Wildman–Crippen MR) is 65.4 cm³/mol. The summed E-state index contributed by atoms with van der Waals surface area (Å²) < 4.78 is 37.6. The maximum absolute atomic E-state index is 13.6. The lowest BCUT2D eigenvalue weighted by Crippen LogP contribution is -2.44. The van der Waals surface area contributed by atoms with Gasteiger partial charge < -0.3 is 5.11 Å². The first-order chi connectivity index (χ1) is 8.29. The minimum absolute atomic E-state index is 0.0384. The molecule has 1 rings (SSSR count). The number of halogens is 1. The number of rotatable bonds is 5. The Hall–Kier alpha value is -1.63. The molecular weight excluding hydrogens is 261 g/mol. The van der Waals surface area contributed by atoms with Crippen LogP contribution < -0.4 is 4.31 Å². The van der Waals surface area contributed by atoms with Crippen LogP contribution in [-0.2, 0) is 14.8 Å². The molecular formula is C11H14FNO4S. The molecule has 18 heavy (non-hydrogen) atoms. The number of carboxylic acid groups (broad SMARTS) is 1.